The van der Waals surface area contributed by atoms with Crippen LogP contribution in [-0.4, -0.2) is 20.4 Å². The standard InChI is InChI=1S/C6H15O2P.C6H6/c1-4-5-6-9(7-2)8-3;1-2-4-6-5-3-1/h4-6H2,1-3H3;1-6H. The normalized spacial score (nSPS) is 9.60. The minimum Gasteiger partial charge on any atom is -0.337 e. The third kappa shape index (κ3) is 9.86. The number of hydrogen-bond donors (Lipinski definition) is 0. The van der Waals surface area contributed by atoms with Crippen LogP contribution < -0.4 is 0 Å². The summed E-state index contributed by atoms with van der Waals surface area (Å²) in [5, 5.41) is 0. The van der Waals surface area contributed by atoms with Gasteiger partial charge in [0.2, 0.25) is 0 Å². The van der Waals surface area contributed by atoms with Crippen molar-refractivity contribution in [2.45, 2.75) is 19.8 Å². The summed E-state index contributed by atoms with van der Waals surface area (Å²) < 4.78 is 10.1. The van der Waals surface area contributed by atoms with E-state index >= 15 is 0 Å². The molecule has 0 atom stereocenters. The molecule has 86 valence electrons. The maximum Gasteiger partial charge on any atom is 0.169 e. The maximum absolute atomic E-state index is 5.04. The Kier molecular flexibility index (Phi) is 11.3. The molecule has 1 rings (SSSR count). The van der Waals surface area contributed by atoms with Crippen molar-refractivity contribution in [2.24, 2.45) is 0 Å². The topological polar surface area (TPSA) is 18.5 Å². The summed E-state index contributed by atoms with van der Waals surface area (Å²) in [6, 6.07) is 12.0. The molecule has 0 amide bonds. The summed E-state index contributed by atoms with van der Waals surface area (Å²) in [7, 11) is 2.84. The van der Waals surface area contributed by atoms with Gasteiger partial charge in [0.05, 0.1) is 0 Å². The van der Waals surface area contributed by atoms with E-state index in [0.717, 1.165) is 6.16 Å². The van der Waals surface area contributed by atoms with Crippen LogP contribution in [0, 0.1) is 0 Å². The molecule has 0 aliphatic carbocycles. The molecule has 0 aliphatic heterocycles. The monoisotopic (exact) mass is 228 g/mol. The molecule has 0 radical (unpaired) electrons. The van der Waals surface area contributed by atoms with Crippen LogP contribution in [-0.2, 0) is 9.05 Å². The van der Waals surface area contributed by atoms with Gasteiger partial charge in [-0.25, -0.2) is 0 Å². The van der Waals surface area contributed by atoms with E-state index in [1.54, 1.807) is 14.2 Å². The van der Waals surface area contributed by atoms with Crippen LogP contribution in [0.25, 0.3) is 0 Å². The van der Waals surface area contributed by atoms with Gasteiger partial charge in [-0.3, -0.25) is 0 Å². The van der Waals surface area contributed by atoms with Crippen molar-refractivity contribution in [2.75, 3.05) is 20.4 Å². The van der Waals surface area contributed by atoms with Crippen LogP contribution in [0.15, 0.2) is 36.4 Å². The maximum atomic E-state index is 5.04. The lowest BCUT2D eigenvalue weighted by Gasteiger charge is -2.09. The molecule has 0 bridgehead atoms. The van der Waals surface area contributed by atoms with E-state index in [1.165, 1.54) is 12.8 Å². The molecule has 0 N–H and O–H groups in total. The van der Waals surface area contributed by atoms with Crippen LogP contribution >= 0.6 is 8.38 Å². The molecule has 2 nitrogen and oxygen atoms in total. The quantitative estimate of drug-likeness (QED) is 0.707. The molecule has 0 aromatic heterocycles. The smallest absolute Gasteiger partial charge is 0.169 e. The molecule has 0 saturated carbocycles. The van der Waals surface area contributed by atoms with Crippen molar-refractivity contribution in [3.8, 4) is 0 Å². The Balaban J connectivity index is 0.000000280. The molecule has 0 fully saturated rings. The van der Waals surface area contributed by atoms with Crippen LogP contribution in [0.4, 0.5) is 0 Å². The zero-order valence-electron chi connectivity index (χ0n) is 9.85. The highest BCUT2D eigenvalue weighted by Crippen LogP contribution is 2.36. The Morgan fingerprint density at radius 2 is 1.27 bits per heavy atom. The minimum absolute atomic E-state index is 0.562. The summed E-state index contributed by atoms with van der Waals surface area (Å²) in [5.74, 6) is 0. The number of benzene rings is 1. The molecule has 0 aliphatic rings. The molecule has 1 aromatic carbocycles. The van der Waals surface area contributed by atoms with Crippen molar-refractivity contribution < 1.29 is 9.05 Å². The third-order valence-electron chi connectivity index (χ3n) is 1.77. The highest BCUT2D eigenvalue weighted by atomic mass is 31.2. The second kappa shape index (κ2) is 11.6. The Morgan fingerprint density at radius 1 is 0.867 bits per heavy atom. The molecule has 15 heavy (non-hydrogen) atoms. The van der Waals surface area contributed by atoms with Crippen molar-refractivity contribution >= 4 is 8.38 Å². The van der Waals surface area contributed by atoms with E-state index in [0.29, 0.717) is 0 Å². The lowest BCUT2D eigenvalue weighted by molar-refractivity contribution is 0.339. The molecule has 0 spiro atoms. The van der Waals surface area contributed by atoms with Crippen LogP contribution in [0.1, 0.15) is 19.8 Å². The second-order valence-corrected chi connectivity index (χ2v) is 4.77. The number of hydrogen-bond acceptors (Lipinski definition) is 2. The largest absolute Gasteiger partial charge is 0.337 e. The van der Waals surface area contributed by atoms with Gasteiger partial charge in [0.25, 0.3) is 0 Å². The summed E-state index contributed by atoms with van der Waals surface area (Å²) in [5.41, 5.74) is 0. The van der Waals surface area contributed by atoms with Crippen LogP contribution in [0.5, 0.6) is 0 Å². The fourth-order valence-corrected chi connectivity index (χ4v) is 2.02. The Bertz CT molecular complexity index is 173. The van der Waals surface area contributed by atoms with Crippen molar-refractivity contribution in [3.63, 3.8) is 0 Å². The molecule has 3 heteroatoms. The molecular weight excluding hydrogens is 207 g/mol. The van der Waals surface area contributed by atoms with Crippen molar-refractivity contribution in [3.05, 3.63) is 36.4 Å². The van der Waals surface area contributed by atoms with Gasteiger partial charge >= 0.3 is 0 Å². The lowest BCUT2D eigenvalue weighted by Crippen LogP contribution is -1.87. The average Bonchev–Trinajstić information content (AvgIpc) is 2.34. The average molecular weight is 228 g/mol. The van der Waals surface area contributed by atoms with E-state index < -0.39 is 8.38 Å². The first kappa shape index (κ1) is 14.6. The van der Waals surface area contributed by atoms with E-state index in [4.69, 9.17) is 9.05 Å². The van der Waals surface area contributed by atoms with Gasteiger partial charge in [0.1, 0.15) is 0 Å². The fourth-order valence-electron chi connectivity index (χ4n) is 0.929. The van der Waals surface area contributed by atoms with E-state index in [9.17, 15) is 0 Å². The van der Waals surface area contributed by atoms with E-state index in [1.807, 2.05) is 36.4 Å². The first-order valence-corrected chi connectivity index (χ1v) is 6.57. The first-order chi connectivity index (χ1) is 7.35. The van der Waals surface area contributed by atoms with Gasteiger partial charge in [-0.15, -0.1) is 0 Å². The molecule has 0 saturated heterocycles. The van der Waals surface area contributed by atoms with Crippen molar-refractivity contribution in [1.29, 1.82) is 0 Å². The molecule has 1 aromatic rings. The SMILES string of the molecule is CCCCP(OC)OC.c1ccccc1. The van der Waals surface area contributed by atoms with E-state index in [2.05, 4.69) is 6.92 Å². The first-order valence-electron chi connectivity index (χ1n) is 5.20. The fraction of sp³-hybridized carbons (Fsp3) is 0.500. The molecule has 0 unspecified atom stereocenters. The minimum atomic E-state index is -0.562. The van der Waals surface area contributed by atoms with Gasteiger partial charge in [-0.05, 0) is 6.42 Å². The number of unbranched alkanes of at least 4 members (excludes halogenated alkanes) is 1. The predicted octanol–water partition coefficient (Wildman–Crippen LogP) is 4.08. The van der Waals surface area contributed by atoms with Gasteiger partial charge in [0.15, 0.2) is 8.38 Å². The molecule has 0 heterocycles. The zero-order valence-corrected chi connectivity index (χ0v) is 10.7. The predicted molar refractivity (Wildman–Crippen MR) is 67.2 cm³/mol. The van der Waals surface area contributed by atoms with E-state index in [-0.39, 0.29) is 0 Å². The number of rotatable bonds is 5. The summed E-state index contributed by atoms with van der Waals surface area (Å²) in [6.45, 7) is 2.17. The van der Waals surface area contributed by atoms with Gasteiger partial charge in [-0.2, -0.15) is 0 Å². The van der Waals surface area contributed by atoms with Crippen LogP contribution in [0.3, 0.4) is 0 Å². The van der Waals surface area contributed by atoms with Gasteiger partial charge < -0.3 is 9.05 Å². The molecular formula is C12H21O2P. The summed E-state index contributed by atoms with van der Waals surface area (Å²) in [4.78, 5) is 0. The van der Waals surface area contributed by atoms with Gasteiger partial charge in [-0.1, -0.05) is 49.7 Å². The zero-order chi connectivity index (χ0) is 11.4. The third-order valence-corrected chi connectivity index (χ3v) is 3.26. The highest BCUT2D eigenvalue weighted by molar-refractivity contribution is 7.47. The highest BCUT2D eigenvalue weighted by Gasteiger charge is 2.02. The second-order valence-electron chi connectivity index (χ2n) is 2.93. The summed E-state index contributed by atoms with van der Waals surface area (Å²) in [6.07, 6.45) is 3.48. The van der Waals surface area contributed by atoms with Crippen molar-refractivity contribution in [1.82, 2.24) is 0 Å². The van der Waals surface area contributed by atoms with Gasteiger partial charge in [0, 0.05) is 20.4 Å². The summed E-state index contributed by atoms with van der Waals surface area (Å²) >= 11 is 0. The Morgan fingerprint density at radius 3 is 1.53 bits per heavy atom. The van der Waals surface area contributed by atoms with Crippen LogP contribution in [0.2, 0.25) is 0 Å². The Labute approximate surface area is 94.5 Å². The lowest BCUT2D eigenvalue weighted by atomic mass is 10.4. The Hall–Kier alpha value is -0.430.